The largest absolute Gasteiger partial charge is 0.367 e. The zero-order chi connectivity index (χ0) is 8.97. The molecule has 1 aliphatic heterocycles. The highest BCUT2D eigenvalue weighted by Crippen LogP contribution is 2.25. The van der Waals surface area contributed by atoms with E-state index in [0.29, 0.717) is 5.57 Å². The Hall–Kier alpha value is -0.280. The molecule has 0 aromatic rings. The van der Waals surface area contributed by atoms with Crippen LogP contribution in [0.2, 0.25) is 0 Å². The summed E-state index contributed by atoms with van der Waals surface area (Å²) in [6.07, 6.45) is 3.28. The molecule has 1 saturated heterocycles. The van der Waals surface area contributed by atoms with Crippen LogP contribution in [0.5, 0.6) is 0 Å². The summed E-state index contributed by atoms with van der Waals surface area (Å²) < 4.78 is 5.40. The lowest BCUT2D eigenvalue weighted by Crippen LogP contribution is -2.17. The Bertz CT molecular complexity index is 183. The van der Waals surface area contributed by atoms with Crippen LogP contribution in [0.4, 0.5) is 0 Å². The third-order valence-corrected chi connectivity index (χ3v) is 2.92. The maximum atomic E-state index is 11.2. The number of carbonyl (C=O) groups excluding carboxylic acids is 1. The molecule has 0 aliphatic carbocycles. The van der Waals surface area contributed by atoms with Crippen molar-refractivity contribution in [3.05, 3.63) is 12.2 Å². The summed E-state index contributed by atoms with van der Waals surface area (Å²) >= 11 is 1.27. The van der Waals surface area contributed by atoms with Crippen molar-refractivity contribution in [3.63, 3.8) is 0 Å². The van der Waals surface area contributed by atoms with E-state index in [1.165, 1.54) is 18.2 Å². The van der Waals surface area contributed by atoms with Crippen molar-refractivity contribution in [3.8, 4) is 0 Å². The minimum absolute atomic E-state index is 0.0573. The van der Waals surface area contributed by atoms with Gasteiger partial charge in [0.05, 0.1) is 0 Å². The van der Waals surface area contributed by atoms with E-state index in [0.717, 1.165) is 19.4 Å². The monoisotopic (exact) mass is 186 g/mol. The third kappa shape index (κ3) is 2.99. The number of ether oxygens (including phenoxy) is 1. The molecule has 1 atom stereocenters. The van der Waals surface area contributed by atoms with Crippen LogP contribution in [-0.4, -0.2) is 17.2 Å². The maximum Gasteiger partial charge on any atom is 0.216 e. The fourth-order valence-electron chi connectivity index (χ4n) is 1.02. The second-order valence-electron chi connectivity index (χ2n) is 2.98. The van der Waals surface area contributed by atoms with Gasteiger partial charge in [0.1, 0.15) is 5.44 Å². The van der Waals surface area contributed by atoms with Gasteiger partial charge in [-0.2, -0.15) is 0 Å². The first-order valence-corrected chi connectivity index (χ1v) is 5.06. The molecule has 0 aromatic heterocycles. The van der Waals surface area contributed by atoms with Crippen molar-refractivity contribution in [2.24, 2.45) is 0 Å². The van der Waals surface area contributed by atoms with E-state index in [2.05, 4.69) is 6.58 Å². The topological polar surface area (TPSA) is 26.3 Å². The van der Waals surface area contributed by atoms with E-state index in [4.69, 9.17) is 4.74 Å². The average Bonchev–Trinajstić information content (AvgIpc) is 2.06. The molecule has 0 amide bonds. The number of thioether (sulfide) groups is 1. The Balaban J connectivity index is 2.29. The lowest BCUT2D eigenvalue weighted by molar-refractivity contribution is -0.108. The number of hydrogen-bond acceptors (Lipinski definition) is 3. The molecule has 68 valence electrons. The lowest BCUT2D eigenvalue weighted by Gasteiger charge is -2.20. The quantitative estimate of drug-likeness (QED) is 0.619. The molecule has 0 bridgehead atoms. The standard InChI is InChI=1S/C9H14O2S/c1-7(2)9(10)12-8-5-3-4-6-11-8/h8H,1,3-6H2,2H3. The van der Waals surface area contributed by atoms with Crippen LogP contribution in [0, 0.1) is 0 Å². The average molecular weight is 186 g/mol. The Morgan fingerprint density at radius 3 is 2.83 bits per heavy atom. The fraction of sp³-hybridized carbons (Fsp3) is 0.667. The van der Waals surface area contributed by atoms with Gasteiger partial charge in [0.25, 0.3) is 0 Å². The summed E-state index contributed by atoms with van der Waals surface area (Å²) in [6, 6.07) is 0. The van der Waals surface area contributed by atoms with E-state index in [-0.39, 0.29) is 10.6 Å². The molecule has 1 fully saturated rings. The number of rotatable bonds is 2. The van der Waals surface area contributed by atoms with Crippen LogP contribution in [-0.2, 0) is 9.53 Å². The van der Waals surface area contributed by atoms with E-state index in [9.17, 15) is 4.79 Å². The van der Waals surface area contributed by atoms with Crippen molar-refractivity contribution in [2.75, 3.05) is 6.61 Å². The van der Waals surface area contributed by atoms with Crippen LogP contribution < -0.4 is 0 Å². The smallest absolute Gasteiger partial charge is 0.216 e. The first kappa shape index (κ1) is 9.81. The third-order valence-electron chi connectivity index (χ3n) is 1.72. The summed E-state index contributed by atoms with van der Waals surface area (Å²) in [4.78, 5) is 11.2. The van der Waals surface area contributed by atoms with Crippen LogP contribution in [0.3, 0.4) is 0 Å². The summed E-state index contributed by atoms with van der Waals surface area (Å²) in [7, 11) is 0. The Labute approximate surface area is 77.4 Å². The highest BCUT2D eigenvalue weighted by molar-refractivity contribution is 8.14. The van der Waals surface area contributed by atoms with Gasteiger partial charge in [-0.05, 0) is 31.8 Å². The second-order valence-corrected chi connectivity index (χ2v) is 4.11. The van der Waals surface area contributed by atoms with Crippen molar-refractivity contribution >= 4 is 16.9 Å². The van der Waals surface area contributed by atoms with Gasteiger partial charge in [-0.15, -0.1) is 0 Å². The predicted octanol–water partition coefficient (Wildman–Crippen LogP) is 2.35. The van der Waals surface area contributed by atoms with Gasteiger partial charge in [-0.1, -0.05) is 18.3 Å². The zero-order valence-electron chi connectivity index (χ0n) is 7.34. The SMILES string of the molecule is C=C(C)C(=O)SC1CCCCO1. The first-order chi connectivity index (χ1) is 5.70. The Morgan fingerprint density at radius 2 is 2.33 bits per heavy atom. The molecule has 1 unspecified atom stereocenters. The normalized spacial score (nSPS) is 23.6. The zero-order valence-corrected chi connectivity index (χ0v) is 8.15. The maximum absolute atomic E-state index is 11.2. The van der Waals surface area contributed by atoms with E-state index in [1.54, 1.807) is 6.92 Å². The minimum atomic E-state index is 0.0573. The van der Waals surface area contributed by atoms with Gasteiger partial charge in [-0.25, -0.2) is 0 Å². The number of hydrogen-bond donors (Lipinski definition) is 0. The lowest BCUT2D eigenvalue weighted by atomic mass is 10.2. The highest BCUT2D eigenvalue weighted by Gasteiger charge is 2.18. The summed E-state index contributed by atoms with van der Waals surface area (Å²) in [5.41, 5.74) is 0.678. The summed E-state index contributed by atoms with van der Waals surface area (Å²) in [5.74, 6) is 0. The molecular formula is C9H14O2S. The molecule has 0 N–H and O–H groups in total. The van der Waals surface area contributed by atoms with Gasteiger partial charge in [0.2, 0.25) is 5.12 Å². The molecule has 12 heavy (non-hydrogen) atoms. The van der Waals surface area contributed by atoms with Crippen LogP contribution in [0.25, 0.3) is 0 Å². The number of carbonyl (C=O) groups is 1. The summed E-state index contributed by atoms with van der Waals surface area (Å²) in [5, 5.41) is 0.0573. The molecule has 3 heteroatoms. The van der Waals surface area contributed by atoms with E-state index >= 15 is 0 Å². The van der Waals surface area contributed by atoms with Gasteiger partial charge in [0.15, 0.2) is 0 Å². The molecule has 2 nitrogen and oxygen atoms in total. The van der Waals surface area contributed by atoms with Gasteiger partial charge in [0, 0.05) is 6.61 Å². The Kier molecular flexibility index (Phi) is 3.82. The van der Waals surface area contributed by atoms with Gasteiger partial charge < -0.3 is 4.74 Å². The van der Waals surface area contributed by atoms with Crippen molar-refractivity contribution < 1.29 is 9.53 Å². The molecule has 0 spiro atoms. The van der Waals surface area contributed by atoms with E-state index in [1.807, 2.05) is 0 Å². The molecular weight excluding hydrogens is 172 g/mol. The predicted molar refractivity (Wildman–Crippen MR) is 51.0 cm³/mol. The fourth-order valence-corrected chi connectivity index (χ4v) is 1.91. The van der Waals surface area contributed by atoms with E-state index < -0.39 is 0 Å². The molecule has 1 heterocycles. The molecule has 1 aliphatic rings. The molecule has 0 saturated carbocycles. The molecule has 0 aromatic carbocycles. The van der Waals surface area contributed by atoms with Crippen LogP contribution >= 0.6 is 11.8 Å². The van der Waals surface area contributed by atoms with Crippen LogP contribution in [0.1, 0.15) is 26.2 Å². The van der Waals surface area contributed by atoms with Gasteiger partial charge in [-0.3, -0.25) is 4.79 Å². The summed E-state index contributed by atoms with van der Waals surface area (Å²) in [6.45, 7) is 6.12. The first-order valence-electron chi connectivity index (χ1n) is 4.18. The second kappa shape index (κ2) is 4.67. The molecule has 1 rings (SSSR count). The Morgan fingerprint density at radius 1 is 1.58 bits per heavy atom. The van der Waals surface area contributed by atoms with Crippen LogP contribution in [0.15, 0.2) is 12.2 Å². The van der Waals surface area contributed by atoms with Crippen molar-refractivity contribution in [2.45, 2.75) is 31.6 Å². The highest BCUT2D eigenvalue weighted by atomic mass is 32.2. The van der Waals surface area contributed by atoms with Crippen molar-refractivity contribution in [1.82, 2.24) is 0 Å². The minimum Gasteiger partial charge on any atom is -0.367 e. The molecule has 0 radical (unpaired) electrons. The van der Waals surface area contributed by atoms with Gasteiger partial charge >= 0.3 is 0 Å². The van der Waals surface area contributed by atoms with Crippen molar-refractivity contribution in [1.29, 1.82) is 0 Å².